The standard InChI is InChI=1S/C20H18FNO5.CH5N/c1-12-19(20(25)22-14(9-23)10-24)15-8-13(6-7-17(15)27-12)11-26-18-5-3-2-4-16(18)21;1-2/h2-9,14,24H,10-11H2,1H3,(H,22,25);2H2,1H3. The van der Waals surface area contributed by atoms with Gasteiger partial charge < -0.3 is 30.1 Å². The van der Waals surface area contributed by atoms with Crippen molar-refractivity contribution in [2.45, 2.75) is 19.6 Å². The number of aryl methyl sites for hydroxylation is 1. The Morgan fingerprint density at radius 3 is 2.69 bits per heavy atom. The van der Waals surface area contributed by atoms with Gasteiger partial charge in [-0.05, 0) is 43.8 Å². The van der Waals surface area contributed by atoms with Crippen LogP contribution < -0.4 is 15.8 Å². The molecule has 8 heteroatoms. The SMILES string of the molecule is CN.Cc1oc2ccc(COc3ccccc3F)cc2c1C(=O)NC(C=O)CO. The Labute approximate surface area is 167 Å². The first-order valence-corrected chi connectivity index (χ1v) is 8.87. The van der Waals surface area contributed by atoms with Gasteiger partial charge in [0, 0.05) is 5.39 Å². The van der Waals surface area contributed by atoms with E-state index >= 15 is 0 Å². The molecule has 1 heterocycles. The number of nitrogens with two attached hydrogens (primary N) is 1. The van der Waals surface area contributed by atoms with Crippen LogP contribution >= 0.6 is 0 Å². The predicted molar refractivity (Wildman–Crippen MR) is 106 cm³/mol. The Morgan fingerprint density at radius 2 is 2.03 bits per heavy atom. The van der Waals surface area contributed by atoms with Gasteiger partial charge >= 0.3 is 0 Å². The number of halogens is 1. The minimum atomic E-state index is -0.991. The molecule has 7 nitrogen and oxygen atoms in total. The molecule has 0 aliphatic heterocycles. The molecule has 3 rings (SSSR count). The molecule has 0 aliphatic rings. The minimum absolute atomic E-state index is 0.107. The summed E-state index contributed by atoms with van der Waals surface area (Å²) in [6, 6.07) is 10.3. The van der Waals surface area contributed by atoms with Crippen LogP contribution in [0.15, 0.2) is 46.9 Å². The number of ether oxygens (including phenoxy) is 1. The van der Waals surface area contributed by atoms with Gasteiger partial charge in [-0.15, -0.1) is 0 Å². The summed E-state index contributed by atoms with van der Waals surface area (Å²) in [7, 11) is 1.50. The van der Waals surface area contributed by atoms with Gasteiger partial charge in [-0.1, -0.05) is 18.2 Å². The highest BCUT2D eigenvalue weighted by atomic mass is 19.1. The molecular weight excluding hydrogens is 379 g/mol. The van der Waals surface area contributed by atoms with Crippen molar-refractivity contribution in [3.63, 3.8) is 0 Å². The van der Waals surface area contributed by atoms with Crippen LogP contribution in [0.5, 0.6) is 5.75 Å². The largest absolute Gasteiger partial charge is 0.486 e. The molecule has 0 bridgehead atoms. The summed E-state index contributed by atoms with van der Waals surface area (Å²) in [5, 5.41) is 12.1. The Kier molecular flexibility index (Phi) is 7.88. The number of rotatable bonds is 7. The number of aliphatic hydroxyl groups excluding tert-OH is 1. The molecule has 1 amide bonds. The van der Waals surface area contributed by atoms with Gasteiger partial charge in [-0.2, -0.15) is 0 Å². The molecule has 1 atom stereocenters. The zero-order chi connectivity index (χ0) is 21.4. The van der Waals surface area contributed by atoms with Crippen molar-refractivity contribution in [3.8, 4) is 5.75 Å². The first kappa shape index (κ1) is 22.1. The van der Waals surface area contributed by atoms with Crippen molar-refractivity contribution in [1.82, 2.24) is 5.32 Å². The van der Waals surface area contributed by atoms with E-state index < -0.39 is 24.4 Å². The zero-order valence-corrected chi connectivity index (χ0v) is 16.1. The van der Waals surface area contributed by atoms with Gasteiger partial charge in [-0.3, -0.25) is 4.79 Å². The third-order valence-electron chi connectivity index (χ3n) is 4.06. The number of para-hydroxylation sites is 1. The molecule has 0 aliphatic carbocycles. The van der Waals surface area contributed by atoms with Gasteiger partial charge in [0.05, 0.1) is 12.2 Å². The van der Waals surface area contributed by atoms with E-state index in [4.69, 9.17) is 14.3 Å². The van der Waals surface area contributed by atoms with Crippen molar-refractivity contribution in [1.29, 1.82) is 0 Å². The molecule has 1 aromatic heterocycles. The summed E-state index contributed by atoms with van der Waals surface area (Å²) in [5.74, 6) is -0.459. The third-order valence-corrected chi connectivity index (χ3v) is 4.06. The number of carbonyl (C=O) groups is 2. The summed E-state index contributed by atoms with van der Waals surface area (Å²) < 4.78 is 24.8. The monoisotopic (exact) mass is 402 g/mol. The van der Waals surface area contributed by atoms with Crippen molar-refractivity contribution in [2.24, 2.45) is 5.73 Å². The molecule has 154 valence electrons. The lowest BCUT2D eigenvalue weighted by molar-refractivity contribution is -0.110. The van der Waals surface area contributed by atoms with Crippen LogP contribution in [0.2, 0.25) is 0 Å². The van der Waals surface area contributed by atoms with Crippen LogP contribution in [-0.4, -0.2) is 37.0 Å². The second kappa shape index (κ2) is 10.4. The van der Waals surface area contributed by atoms with Crippen LogP contribution in [-0.2, 0) is 11.4 Å². The van der Waals surface area contributed by atoms with Gasteiger partial charge in [0.25, 0.3) is 5.91 Å². The number of furan rings is 1. The fraction of sp³-hybridized carbons (Fsp3) is 0.238. The third kappa shape index (κ3) is 5.18. The average Bonchev–Trinajstić information content (AvgIpc) is 3.07. The number of benzene rings is 2. The molecule has 29 heavy (non-hydrogen) atoms. The van der Waals surface area contributed by atoms with E-state index in [-0.39, 0.29) is 17.9 Å². The second-order valence-corrected chi connectivity index (χ2v) is 5.98. The van der Waals surface area contributed by atoms with Gasteiger partial charge in [0.15, 0.2) is 11.6 Å². The molecule has 0 fully saturated rings. The minimum Gasteiger partial charge on any atom is -0.486 e. The highest BCUT2D eigenvalue weighted by Crippen LogP contribution is 2.27. The van der Waals surface area contributed by atoms with Gasteiger partial charge in [-0.25, -0.2) is 4.39 Å². The van der Waals surface area contributed by atoms with Crippen LogP contribution in [0.4, 0.5) is 4.39 Å². The quantitative estimate of drug-likeness (QED) is 0.523. The Morgan fingerprint density at radius 1 is 1.31 bits per heavy atom. The van der Waals surface area contributed by atoms with E-state index in [1.54, 1.807) is 37.3 Å². The maximum absolute atomic E-state index is 13.7. The highest BCUT2D eigenvalue weighted by Gasteiger charge is 2.21. The van der Waals surface area contributed by atoms with Crippen molar-refractivity contribution in [3.05, 3.63) is 65.2 Å². The fourth-order valence-corrected chi connectivity index (χ4v) is 2.73. The van der Waals surface area contributed by atoms with E-state index in [0.717, 1.165) is 5.56 Å². The number of aldehydes is 1. The number of aliphatic hydroxyl groups is 1. The summed E-state index contributed by atoms with van der Waals surface area (Å²) in [6.45, 7) is 1.25. The number of nitrogens with one attached hydrogen (secondary N) is 1. The van der Waals surface area contributed by atoms with Crippen molar-refractivity contribution < 1.29 is 28.2 Å². The Balaban J connectivity index is 0.00000145. The van der Waals surface area contributed by atoms with Gasteiger partial charge in [0.2, 0.25) is 0 Å². The van der Waals surface area contributed by atoms with Crippen LogP contribution in [0.25, 0.3) is 11.0 Å². The van der Waals surface area contributed by atoms with Crippen molar-refractivity contribution >= 4 is 23.2 Å². The topological polar surface area (TPSA) is 115 Å². The second-order valence-electron chi connectivity index (χ2n) is 5.98. The summed E-state index contributed by atoms with van der Waals surface area (Å²) >= 11 is 0. The maximum Gasteiger partial charge on any atom is 0.256 e. The Hall–Kier alpha value is -3.23. The zero-order valence-electron chi connectivity index (χ0n) is 16.1. The van der Waals surface area contributed by atoms with E-state index in [1.165, 1.54) is 19.2 Å². The fourth-order valence-electron chi connectivity index (χ4n) is 2.73. The number of hydrogen-bond donors (Lipinski definition) is 3. The van der Waals surface area contributed by atoms with E-state index in [9.17, 15) is 14.0 Å². The van der Waals surface area contributed by atoms with E-state index in [0.29, 0.717) is 23.0 Å². The lowest BCUT2D eigenvalue weighted by Gasteiger charge is -2.10. The van der Waals surface area contributed by atoms with E-state index in [2.05, 4.69) is 11.1 Å². The molecule has 0 saturated heterocycles. The number of amides is 1. The highest BCUT2D eigenvalue weighted by molar-refractivity contribution is 6.08. The summed E-state index contributed by atoms with van der Waals surface area (Å²) in [6.07, 6.45) is 0.461. The molecule has 1 unspecified atom stereocenters. The lowest BCUT2D eigenvalue weighted by atomic mass is 10.1. The average molecular weight is 402 g/mol. The van der Waals surface area contributed by atoms with Crippen LogP contribution in [0, 0.1) is 12.7 Å². The van der Waals surface area contributed by atoms with E-state index in [1.807, 2.05) is 0 Å². The predicted octanol–water partition coefficient (Wildman–Crippen LogP) is 2.32. The van der Waals surface area contributed by atoms with Crippen LogP contribution in [0.3, 0.4) is 0 Å². The molecule has 0 spiro atoms. The molecule has 3 aromatic rings. The van der Waals surface area contributed by atoms with Crippen LogP contribution in [0.1, 0.15) is 21.7 Å². The number of carbonyl (C=O) groups excluding carboxylic acids is 2. The normalized spacial score (nSPS) is 11.3. The first-order valence-electron chi connectivity index (χ1n) is 8.87. The number of hydrogen-bond acceptors (Lipinski definition) is 6. The molecule has 2 aromatic carbocycles. The first-order chi connectivity index (χ1) is 14.0. The molecule has 0 radical (unpaired) electrons. The maximum atomic E-state index is 13.7. The molecule has 4 N–H and O–H groups in total. The number of fused-ring (bicyclic) bond motifs is 1. The Bertz CT molecular complexity index is 986. The molecular formula is C21H23FN2O5. The summed E-state index contributed by atoms with van der Waals surface area (Å²) in [4.78, 5) is 23.3. The summed E-state index contributed by atoms with van der Waals surface area (Å²) in [5.41, 5.74) is 5.99. The lowest BCUT2D eigenvalue weighted by Crippen LogP contribution is -2.38. The van der Waals surface area contributed by atoms with Gasteiger partial charge in [0.1, 0.15) is 30.3 Å². The molecule has 0 saturated carbocycles. The smallest absolute Gasteiger partial charge is 0.256 e. The van der Waals surface area contributed by atoms with Crippen molar-refractivity contribution in [2.75, 3.05) is 13.7 Å².